The number of halogens is 1. The van der Waals surface area contributed by atoms with Crippen LogP contribution in [0.15, 0.2) is 18.2 Å². The van der Waals surface area contributed by atoms with Crippen molar-refractivity contribution >= 4 is 17.6 Å². The minimum absolute atomic E-state index is 0.134. The number of anilines is 1. The molecule has 0 saturated carbocycles. The molecule has 1 aromatic carbocycles. The summed E-state index contributed by atoms with van der Waals surface area (Å²) in [5.74, 6) is -2.29. The van der Waals surface area contributed by atoms with E-state index < -0.39 is 23.7 Å². The van der Waals surface area contributed by atoms with Gasteiger partial charge in [0.25, 0.3) is 5.91 Å². The monoisotopic (exact) mass is 297 g/mol. The third-order valence-corrected chi connectivity index (χ3v) is 3.07. The SMILES string of the molecule is CCN(CC)c1cc(F)cc(C(=O)NC[C@@H](N)C(=O)O)c1. The number of nitrogens with two attached hydrogens (primary N) is 1. The Morgan fingerprint density at radius 3 is 2.48 bits per heavy atom. The van der Waals surface area contributed by atoms with Crippen molar-refractivity contribution in [1.82, 2.24) is 5.32 Å². The van der Waals surface area contributed by atoms with Crippen LogP contribution < -0.4 is 16.0 Å². The molecule has 1 amide bonds. The standard InChI is InChI=1S/C14H20FN3O3/c1-3-18(4-2)11-6-9(5-10(15)7-11)13(19)17-8-12(16)14(20)21/h5-7,12H,3-4,8,16H2,1-2H3,(H,17,19)(H,20,21)/t12-/m1/s1. The first-order valence-electron chi connectivity index (χ1n) is 6.71. The van der Waals surface area contributed by atoms with Crippen LogP contribution >= 0.6 is 0 Å². The van der Waals surface area contributed by atoms with Gasteiger partial charge in [-0.25, -0.2) is 4.39 Å². The molecule has 0 unspecified atom stereocenters. The van der Waals surface area contributed by atoms with Gasteiger partial charge in [-0.2, -0.15) is 0 Å². The Bertz CT molecular complexity index is 518. The molecule has 0 aliphatic heterocycles. The maximum atomic E-state index is 13.6. The minimum Gasteiger partial charge on any atom is -0.480 e. The summed E-state index contributed by atoms with van der Waals surface area (Å²) in [4.78, 5) is 24.4. The van der Waals surface area contributed by atoms with Gasteiger partial charge in [-0.15, -0.1) is 0 Å². The second kappa shape index (κ2) is 7.58. The molecule has 0 aromatic heterocycles. The zero-order chi connectivity index (χ0) is 16.0. The van der Waals surface area contributed by atoms with Gasteiger partial charge in [0, 0.05) is 30.9 Å². The van der Waals surface area contributed by atoms with E-state index in [4.69, 9.17) is 10.8 Å². The number of rotatable bonds is 7. The van der Waals surface area contributed by atoms with Crippen molar-refractivity contribution in [1.29, 1.82) is 0 Å². The Balaban J connectivity index is 2.87. The minimum atomic E-state index is -1.21. The summed E-state index contributed by atoms with van der Waals surface area (Å²) >= 11 is 0. The molecule has 0 spiro atoms. The number of aliphatic carboxylic acids is 1. The van der Waals surface area contributed by atoms with E-state index in [0.717, 1.165) is 6.07 Å². The molecule has 0 heterocycles. The number of carboxylic acids is 1. The first kappa shape index (κ1) is 16.9. The van der Waals surface area contributed by atoms with Crippen molar-refractivity contribution < 1.29 is 19.1 Å². The van der Waals surface area contributed by atoms with Gasteiger partial charge < -0.3 is 21.1 Å². The molecule has 6 nitrogen and oxygen atoms in total. The van der Waals surface area contributed by atoms with E-state index in [2.05, 4.69) is 5.32 Å². The topological polar surface area (TPSA) is 95.7 Å². The highest BCUT2D eigenvalue weighted by Gasteiger charge is 2.15. The highest BCUT2D eigenvalue weighted by molar-refractivity contribution is 5.95. The zero-order valence-corrected chi connectivity index (χ0v) is 12.1. The second-order valence-corrected chi connectivity index (χ2v) is 4.53. The average Bonchev–Trinajstić information content (AvgIpc) is 2.44. The number of benzene rings is 1. The Morgan fingerprint density at radius 2 is 1.95 bits per heavy atom. The van der Waals surface area contributed by atoms with Crippen LogP contribution in [-0.2, 0) is 4.79 Å². The van der Waals surface area contributed by atoms with Crippen LogP contribution in [0.4, 0.5) is 10.1 Å². The van der Waals surface area contributed by atoms with Crippen molar-refractivity contribution in [3.8, 4) is 0 Å². The molecule has 1 atom stereocenters. The predicted molar refractivity (Wildman–Crippen MR) is 77.9 cm³/mol. The fraction of sp³-hybridized carbons (Fsp3) is 0.429. The average molecular weight is 297 g/mol. The highest BCUT2D eigenvalue weighted by Crippen LogP contribution is 2.18. The van der Waals surface area contributed by atoms with Crippen LogP contribution in [0.2, 0.25) is 0 Å². The lowest BCUT2D eigenvalue weighted by Gasteiger charge is -2.21. The number of carbonyl (C=O) groups excluding carboxylic acids is 1. The lowest BCUT2D eigenvalue weighted by molar-refractivity contribution is -0.138. The number of carboxylic acid groups (broad SMARTS) is 1. The molecule has 0 aliphatic carbocycles. The smallest absolute Gasteiger partial charge is 0.322 e. The summed E-state index contributed by atoms with van der Waals surface area (Å²) in [5.41, 5.74) is 6.04. The van der Waals surface area contributed by atoms with Gasteiger partial charge in [-0.3, -0.25) is 9.59 Å². The number of hydrogen-bond donors (Lipinski definition) is 3. The molecule has 0 radical (unpaired) electrons. The van der Waals surface area contributed by atoms with Gasteiger partial charge in [0.1, 0.15) is 11.9 Å². The summed E-state index contributed by atoms with van der Waals surface area (Å²) in [6.45, 7) is 5.02. The van der Waals surface area contributed by atoms with Crippen LogP contribution in [-0.4, -0.2) is 42.7 Å². The molecule has 7 heteroatoms. The van der Waals surface area contributed by atoms with E-state index in [1.807, 2.05) is 18.7 Å². The van der Waals surface area contributed by atoms with Crippen molar-refractivity contribution in [2.24, 2.45) is 5.73 Å². The predicted octanol–water partition coefficient (Wildman–Crippen LogP) is 0.814. The van der Waals surface area contributed by atoms with Crippen molar-refractivity contribution in [2.75, 3.05) is 24.5 Å². The normalized spacial score (nSPS) is 11.8. The number of nitrogens with one attached hydrogen (secondary N) is 1. The van der Waals surface area contributed by atoms with Gasteiger partial charge in [-0.05, 0) is 32.0 Å². The Kier molecular flexibility index (Phi) is 6.10. The maximum Gasteiger partial charge on any atom is 0.322 e. The quantitative estimate of drug-likeness (QED) is 0.692. The van der Waals surface area contributed by atoms with E-state index in [1.165, 1.54) is 6.07 Å². The summed E-state index contributed by atoms with van der Waals surface area (Å²) in [6.07, 6.45) is 0. The maximum absolute atomic E-state index is 13.6. The lowest BCUT2D eigenvalue weighted by atomic mass is 10.1. The Hall–Kier alpha value is -2.15. The largest absolute Gasteiger partial charge is 0.480 e. The Morgan fingerprint density at radius 1 is 1.33 bits per heavy atom. The molecular formula is C14H20FN3O3. The molecule has 21 heavy (non-hydrogen) atoms. The number of amides is 1. The van der Waals surface area contributed by atoms with Crippen molar-refractivity contribution in [2.45, 2.75) is 19.9 Å². The second-order valence-electron chi connectivity index (χ2n) is 4.53. The molecule has 1 aromatic rings. The summed E-state index contributed by atoms with van der Waals surface area (Å²) < 4.78 is 13.6. The molecule has 116 valence electrons. The highest BCUT2D eigenvalue weighted by atomic mass is 19.1. The molecule has 0 aliphatic rings. The van der Waals surface area contributed by atoms with E-state index in [1.54, 1.807) is 6.07 Å². The fourth-order valence-electron chi connectivity index (χ4n) is 1.87. The van der Waals surface area contributed by atoms with Crippen LogP contribution in [0.5, 0.6) is 0 Å². The summed E-state index contributed by atoms with van der Waals surface area (Å²) in [6, 6.07) is 2.84. The van der Waals surface area contributed by atoms with Crippen LogP contribution in [0.25, 0.3) is 0 Å². The Labute approximate surface area is 122 Å². The molecule has 0 bridgehead atoms. The van der Waals surface area contributed by atoms with Gasteiger partial charge in [0.2, 0.25) is 0 Å². The first-order valence-corrected chi connectivity index (χ1v) is 6.71. The van der Waals surface area contributed by atoms with E-state index in [0.29, 0.717) is 18.8 Å². The fourth-order valence-corrected chi connectivity index (χ4v) is 1.87. The van der Waals surface area contributed by atoms with E-state index in [9.17, 15) is 14.0 Å². The van der Waals surface area contributed by atoms with Crippen LogP contribution in [0.3, 0.4) is 0 Å². The summed E-state index contributed by atoms with van der Waals surface area (Å²) in [7, 11) is 0. The number of hydrogen-bond acceptors (Lipinski definition) is 4. The zero-order valence-electron chi connectivity index (χ0n) is 12.1. The number of nitrogens with zero attached hydrogens (tertiary/aromatic N) is 1. The molecule has 4 N–H and O–H groups in total. The van der Waals surface area contributed by atoms with E-state index in [-0.39, 0.29) is 12.1 Å². The van der Waals surface area contributed by atoms with Gasteiger partial charge in [-0.1, -0.05) is 0 Å². The van der Waals surface area contributed by atoms with E-state index >= 15 is 0 Å². The molecule has 0 fully saturated rings. The van der Waals surface area contributed by atoms with Gasteiger partial charge in [0.05, 0.1) is 0 Å². The molecule has 0 saturated heterocycles. The lowest BCUT2D eigenvalue weighted by Crippen LogP contribution is -2.42. The molecular weight excluding hydrogens is 277 g/mol. The van der Waals surface area contributed by atoms with Gasteiger partial charge >= 0.3 is 5.97 Å². The third kappa shape index (κ3) is 4.71. The van der Waals surface area contributed by atoms with Crippen molar-refractivity contribution in [3.05, 3.63) is 29.6 Å². The first-order chi connectivity index (χ1) is 9.88. The molecule has 1 rings (SSSR count). The van der Waals surface area contributed by atoms with Crippen LogP contribution in [0.1, 0.15) is 24.2 Å². The number of carbonyl (C=O) groups is 2. The van der Waals surface area contributed by atoms with Crippen molar-refractivity contribution in [3.63, 3.8) is 0 Å². The third-order valence-electron chi connectivity index (χ3n) is 3.07. The summed E-state index contributed by atoms with van der Waals surface area (Å²) in [5, 5.41) is 11.0. The van der Waals surface area contributed by atoms with Gasteiger partial charge in [0.15, 0.2) is 0 Å². The van der Waals surface area contributed by atoms with Crippen LogP contribution in [0, 0.1) is 5.82 Å².